The Bertz CT molecular complexity index is 440. The predicted octanol–water partition coefficient (Wildman–Crippen LogP) is 1.95. The van der Waals surface area contributed by atoms with Gasteiger partial charge in [0.25, 0.3) is 0 Å². The van der Waals surface area contributed by atoms with Gasteiger partial charge in [0, 0.05) is 24.7 Å². The molecule has 112 valence electrons. The highest BCUT2D eigenvalue weighted by molar-refractivity contribution is 9.10. The average Bonchev–Trinajstić information content (AvgIpc) is 2.44. The summed E-state index contributed by atoms with van der Waals surface area (Å²) in [4.78, 5) is 11.8. The topological polar surface area (TPSA) is 70.6 Å². The van der Waals surface area contributed by atoms with E-state index in [0.29, 0.717) is 19.6 Å². The van der Waals surface area contributed by atoms with Gasteiger partial charge in [-0.05, 0) is 36.6 Å². The van der Waals surface area contributed by atoms with Gasteiger partial charge < -0.3 is 20.5 Å². The lowest BCUT2D eigenvalue weighted by atomic mass is 10.1. The van der Waals surface area contributed by atoms with E-state index < -0.39 is 0 Å². The number of aryl methyl sites for hydroxylation is 1. The van der Waals surface area contributed by atoms with Crippen molar-refractivity contribution in [2.24, 2.45) is 0 Å². The maximum atomic E-state index is 11.8. The van der Waals surface area contributed by atoms with Gasteiger partial charge in [-0.25, -0.2) is 4.79 Å². The lowest BCUT2D eigenvalue weighted by Crippen LogP contribution is -2.44. The summed E-state index contributed by atoms with van der Waals surface area (Å²) in [6.07, 6.45) is 0.580. The molecule has 0 aliphatic rings. The van der Waals surface area contributed by atoms with Gasteiger partial charge in [-0.15, -0.1) is 0 Å². The zero-order chi connectivity index (χ0) is 15.0. The minimum Gasteiger partial charge on any atom is -0.394 e. The van der Waals surface area contributed by atoms with Crippen molar-refractivity contribution in [3.05, 3.63) is 33.8 Å². The lowest BCUT2D eigenvalue weighted by molar-refractivity contribution is 0.159. The molecule has 1 atom stereocenters. The molecule has 0 radical (unpaired) electrons. The summed E-state index contributed by atoms with van der Waals surface area (Å²) in [5, 5.41) is 14.7. The molecule has 1 aromatic rings. The maximum Gasteiger partial charge on any atom is 0.315 e. The molecule has 0 saturated carbocycles. The van der Waals surface area contributed by atoms with Crippen LogP contribution in [-0.4, -0.2) is 37.5 Å². The molecule has 0 spiro atoms. The summed E-state index contributed by atoms with van der Waals surface area (Å²) in [6.45, 7) is 2.83. The molecule has 0 aliphatic heterocycles. The first kappa shape index (κ1) is 16.9. The second-order valence-electron chi connectivity index (χ2n) is 4.56. The Morgan fingerprint density at radius 3 is 2.90 bits per heavy atom. The fourth-order valence-electron chi connectivity index (χ4n) is 1.71. The Labute approximate surface area is 127 Å². The summed E-state index contributed by atoms with van der Waals surface area (Å²) in [5.41, 5.74) is 2.17. The number of benzene rings is 1. The van der Waals surface area contributed by atoms with E-state index in [1.165, 1.54) is 0 Å². The molecule has 3 N–H and O–H groups in total. The molecule has 0 fully saturated rings. The van der Waals surface area contributed by atoms with Crippen LogP contribution in [0.4, 0.5) is 4.79 Å². The summed E-state index contributed by atoms with van der Waals surface area (Å²) in [7, 11) is 1.59. The third-order valence-electron chi connectivity index (χ3n) is 2.98. The van der Waals surface area contributed by atoms with Crippen LogP contribution < -0.4 is 10.6 Å². The number of amides is 2. The molecule has 0 aliphatic carbocycles. The van der Waals surface area contributed by atoms with Crippen molar-refractivity contribution in [1.29, 1.82) is 0 Å². The van der Waals surface area contributed by atoms with Crippen LogP contribution >= 0.6 is 15.9 Å². The Balaban J connectivity index is 2.44. The first-order valence-corrected chi connectivity index (χ1v) is 7.25. The van der Waals surface area contributed by atoms with Crippen molar-refractivity contribution in [1.82, 2.24) is 10.6 Å². The molecule has 20 heavy (non-hydrogen) atoms. The quantitative estimate of drug-likeness (QED) is 0.708. The molecule has 0 heterocycles. The van der Waals surface area contributed by atoms with Crippen molar-refractivity contribution >= 4 is 22.0 Å². The van der Waals surface area contributed by atoms with Crippen molar-refractivity contribution < 1.29 is 14.6 Å². The van der Waals surface area contributed by atoms with Gasteiger partial charge in [-0.1, -0.05) is 22.0 Å². The van der Waals surface area contributed by atoms with Gasteiger partial charge in [0.1, 0.15) is 0 Å². The summed E-state index contributed by atoms with van der Waals surface area (Å²) >= 11 is 3.41. The van der Waals surface area contributed by atoms with E-state index in [4.69, 9.17) is 9.84 Å². The smallest absolute Gasteiger partial charge is 0.315 e. The van der Waals surface area contributed by atoms with Crippen molar-refractivity contribution in [2.45, 2.75) is 25.9 Å². The molecule has 0 saturated heterocycles. The lowest BCUT2D eigenvalue weighted by Gasteiger charge is -2.16. The van der Waals surface area contributed by atoms with Gasteiger partial charge in [0.15, 0.2) is 0 Å². The summed E-state index contributed by atoms with van der Waals surface area (Å²) in [5.74, 6) is 0. The first-order chi connectivity index (χ1) is 9.56. The number of aliphatic hydroxyl groups is 1. The van der Waals surface area contributed by atoms with Crippen LogP contribution in [0.2, 0.25) is 0 Å². The molecule has 1 rings (SSSR count). The standard InChI is InChI=1S/C14H21BrN2O3/c1-10-3-4-12(15)7-11(10)8-16-14(19)17-13(9-18)5-6-20-2/h3-4,7,13,18H,5-6,8-9H2,1-2H3,(H2,16,17,19). The predicted molar refractivity (Wildman–Crippen MR) is 81.6 cm³/mol. The highest BCUT2D eigenvalue weighted by atomic mass is 79.9. The first-order valence-electron chi connectivity index (χ1n) is 6.46. The molecule has 1 aromatic carbocycles. The monoisotopic (exact) mass is 344 g/mol. The molecule has 1 unspecified atom stereocenters. The summed E-state index contributed by atoms with van der Waals surface area (Å²) < 4.78 is 5.91. The summed E-state index contributed by atoms with van der Waals surface area (Å²) in [6, 6.07) is 5.35. The zero-order valence-electron chi connectivity index (χ0n) is 11.8. The molecule has 5 nitrogen and oxygen atoms in total. The number of ether oxygens (including phenoxy) is 1. The fourth-order valence-corrected chi connectivity index (χ4v) is 2.12. The number of carbonyl (C=O) groups is 1. The number of carbonyl (C=O) groups excluding carboxylic acids is 1. The Kier molecular flexibility index (Phi) is 7.58. The van der Waals surface area contributed by atoms with Crippen LogP contribution in [-0.2, 0) is 11.3 Å². The van der Waals surface area contributed by atoms with E-state index >= 15 is 0 Å². The fraction of sp³-hybridized carbons (Fsp3) is 0.500. The Morgan fingerprint density at radius 1 is 1.50 bits per heavy atom. The van der Waals surface area contributed by atoms with E-state index in [1.807, 2.05) is 25.1 Å². The molecule has 0 bridgehead atoms. The van der Waals surface area contributed by atoms with E-state index in [9.17, 15) is 4.79 Å². The Morgan fingerprint density at radius 2 is 2.25 bits per heavy atom. The van der Waals surface area contributed by atoms with Crippen LogP contribution in [0.15, 0.2) is 22.7 Å². The highest BCUT2D eigenvalue weighted by Gasteiger charge is 2.11. The van der Waals surface area contributed by atoms with Crippen LogP contribution in [0.1, 0.15) is 17.5 Å². The molecular formula is C14H21BrN2O3. The molecular weight excluding hydrogens is 324 g/mol. The largest absolute Gasteiger partial charge is 0.394 e. The second kappa shape index (κ2) is 8.94. The normalized spacial score (nSPS) is 12.0. The van der Waals surface area contributed by atoms with Crippen LogP contribution in [0, 0.1) is 6.92 Å². The number of nitrogens with one attached hydrogen (secondary N) is 2. The molecule has 6 heteroatoms. The van der Waals surface area contributed by atoms with E-state index in [2.05, 4.69) is 26.6 Å². The van der Waals surface area contributed by atoms with Gasteiger partial charge >= 0.3 is 6.03 Å². The Hall–Kier alpha value is -1.11. The zero-order valence-corrected chi connectivity index (χ0v) is 13.4. The van der Waals surface area contributed by atoms with Gasteiger partial charge in [-0.3, -0.25) is 0 Å². The maximum absolute atomic E-state index is 11.8. The third-order valence-corrected chi connectivity index (χ3v) is 3.47. The van der Waals surface area contributed by atoms with Crippen molar-refractivity contribution in [3.8, 4) is 0 Å². The van der Waals surface area contributed by atoms with E-state index in [1.54, 1.807) is 7.11 Å². The van der Waals surface area contributed by atoms with E-state index in [0.717, 1.165) is 15.6 Å². The van der Waals surface area contributed by atoms with Crippen LogP contribution in [0.25, 0.3) is 0 Å². The van der Waals surface area contributed by atoms with Gasteiger partial charge in [0.05, 0.1) is 12.6 Å². The number of halogens is 1. The number of aliphatic hydroxyl groups excluding tert-OH is 1. The number of methoxy groups -OCH3 is 1. The minimum atomic E-state index is -0.293. The van der Waals surface area contributed by atoms with Crippen LogP contribution in [0.3, 0.4) is 0 Å². The number of rotatable bonds is 7. The van der Waals surface area contributed by atoms with Crippen molar-refractivity contribution in [3.63, 3.8) is 0 Å². The highest BCUT2D eigenvalue weighted by Crippen LogP contribution is 2.15. The number of urea groups is 1. The van der Waals surface area contributed by atoms with Gasteiger partial charge in [0.2, 0.25) is 0 Å². The van der Waals surface area contributed by atoms with Crippen molar-refractivity contribution in [2.75, 3.05) is 20.3 Å². The minimum absolute atomic E-state index is 0.104. The van der Waals surface area contributed by atoms with Crippen LogP contribution in [0.5, 0.6) is 0 Å². The third kappa shape index (κ3) is 5.90. The number of hydrogen-bond donors (Lipinski definition) is 3. The molecule has 0 aromatic heterocycles. The average molecular weight is 345 g/mol. The van der Waals surface area contributed by atoms with Gasteiger partial charge in [-0.2, -0.15) is 0 Å². The number of hydrogen-bond acceptors (Lipinski definition) is 3. The second-order valence-corrected chi connectivity index (χ2v) is 5.47. The SMILES string of the molecule is COCCC(CO)NC(=O)NCc1cc(Br)ccc1C. The molecule has 2 amide bonds. The van der Waals surface area contributed by atoms with E-state index in [-0.39, 0.29) is 18.7 Å².